The Morgan fingerprint density at radius 3 is 1.24 bits per heavy atom. The summed E-state index contributed by atoms with van der Waals surface area (Å²) in [5.41, 5.74) is 0. The van der Waals surface area contributed by atoms with Gasteiger partial charge in [-0.3, -0.25) is 0 Å². The largest absolute Gasteiger partial charge is 0.344 e. The van der Waals surface area contributed by atoms with Crippen LogP contribution in [0.4, 0.5) is 0 Å². The van der Waals surface area contributed by atoms with Crippen molar-refractivity contribution in [2.75, 3.05) is 13.6 Å². The topological polar surface area (TPSA) is 21.7 Å². The van der Waals surface area contributed by atoms with Crippen LogP contribution in [0.3, 0.4) is 0 Å². The molecular weight excluding hydrogens is 659 g/mol. The lowest BCUT2D eigenvalue weighted by atomic mass is 9.98. The van der Waals surface area contributed by atoms with Crippen LogP contribution in [0, 0.1) is 0 Å². The van der Waals surface area contributed by atoms with E-state index in [-0.39, 0.29) is 5.79 Å². The smallest absolute Gasteiger partial charge is 0.169 e. The van der Waals surface area contributed by atoms with Crippen molar-refractivity contribution < 1.29 is 9.47 Å². The van der Waals surface area contributed by atoms with Crippen molar-refractivity contribution >= 4 is 0 Å². The van der Waals surface area contributed by atoms with Crippen molar-refractivity contribution in [3.05, 3.63) is 48.6 Å². The summed E-state index contributed by atoms with van der Waals surface area (Å²) >= 11 is 0. The Balaban J connectivity index is 1.66. The molecule has 1 aliphatic carbocycles. The van der Waals surface area contributed by atoms with Crippen LogP contribution >= 0.6 is 0 Å². The standard InChI is InChI=1S/C51H93NO2/c1-5-8-11-14-17-19-21-23-25-27-29-31-33-35-38-41-44-51(43-40-37-34-32-30-28-26-24-22-20-18-15-12-9-6-2)53-49-46-48(47-50(49)54-51)52(4)45-42-39-36-16-13-10-7-3/h15,17-19,22-25,48-50H,5-14,16,20-21,26-47H2,1-4H3/b18-15-,19-17-,24-22-,25-23-/t48?,49-,50+,51?. The van der Waals surface area contributed by atoms with Gasteiger partial charge >= 0.3 is 0 Å². The molecule has 0 bridgehead atoms. The lowest BCUT2D eigenvalue weighted by Crippen LogP contribution is -2.36. The average Bonchev–Trinajstić information content (AvgIpc) is 3.72. The summed E-state index contributed by atoms with van der Waals surface area (Å²) in [4.78, 5) is 2.63. The van der Waals surface area contributed by atoms with Gasteiger partial charge in [0.1, 0.15) is 0 Å². The molecule has 0 amide bonds. The highest BCUT2D eigenvalue weighted by Crippen LogP contribution is 2.44. The molecule has 0 aromatic heterocycles. The second-order valence-corrected chi connectivity index (χ2v) is 17.3. The molecule has 2 unspecified atom stereocenters. The molecule has 1 saturated heterocycles. The molecular formula is C51H93NO2. The van der Waals surface area contributed by atoms with Gasteiger partial charge < -0.3 is 14.4 Å². The summed E-state index contributed by atoms with van der Waals surface area (Å²) in [6, 6.07) is 0.622. The van der Waals surface area contributed by atoms with E-state index in [1.165, 1.54) is 186 Å². The van der Waals surface area contributed by atoms with Crippen LogP contribution in [0.5, 0.6) is 0 Å². The predicted molar refractivity (Wildman–Crippen MR) is 239 cm³/mol. The van der Waals surface area contributed by atoms with E-state index in [9.17, 15) is 0 Å². The van der Waals surface area contributed by atoms with Crippen molar-refractivity contribution in [2.24, 2.45) is 0 Å². The highest BCUT2D eigenvalue weighted by atomic mass is 16.8. The van der Waals surface area contributed by atoms with E-state index < -0.39 is 0 Å². The Morgan fingerprint density at radius 1 is 0.426 bits per heavy atom. The number of nitrogens with zero attached hydrogens (tertiary/aromatic N) is 1. The van der Waals surface area contributed by atoms with Crippen LogP contribution in [-0.2, 0) is 9.47 Å². The molecule has 0 spiro atoms. The van der Waals surface area contributed by atoms with Gasteiger partial charge in [-0.05, 0) is 103 Å². The van der Waals surface area contributed by atoms with Crippen molar-refractivity contribution in [1.29, 1.82) is 0 Å². The molecule has 54 heavy (non-hydrogen) atoms. The van der Waals surface area contributed by atoms with Crippen molar-refractivity contribution in [3.63, 3.8) is 0 Å². The second kappa shape index (κ2) is 35.0. The Bertz CT molecular complexity index is 922. The lowest BCUT2D eigenvalue weighted by molar-refractivity contribution is -0.193. The van der Waals surface area contributed by atoms with E-state index in [2.05, 4.69) is 81.3 Å². The monoisotopic (exact) mass is 752 g/mol. The number of hydrogen-bond donors (Lipinski definition) is 0. The quantitative estimate of drug-likeness (QED) is 0.0463. The molecule has 314 valence electrons. The zero-order valence-corrected chi connectivity index (χ0v) is 36.9. The maximum absolute atomic E-state index is 7.00. The molecule has 1 heterocycles. The number of rotatable bonds is 38. The Morgan fingerprint density at radius 2 is 0.778 bits per heavy atom. The number of unbranched alkanes of at least 4 members (excludes halogenated alkanes) is 23. The maximum Gasteiger partial charge on any atom is 0.169 e. The van der Waals surface area contributed by atoms with Gasteiger partial charge in [-0.2, -0.15) is 0 Å². The third-order valence-corrected chi connectivity index (χ3v) is 12.2. The lowest BCUT2D eigenvalue weighted by Gasteiger charge is -2.32. The third-order valence-electron chi connectivity index (χ3n) is 12.2. The van der Waals surface area contributed by atoms with Crippen molar-refractivity contribution in [2.45, 2.75) is 263 Å². The molecule has 3 heteroatoms. The summed E-state index contributed by atoms with van der Waals surface area (Å²) in [5.74, 6) is -0.317. The average molecular weight is 752 g/mol. The van der Waals surface area contributed by atoms with E-state index in [1.807, 2.05) is 0 Å². The predicted octanol–water partition coefficient (Wildman–Crippen LogP) is 16.3. The Kier molecular flexibility index (Phi) is 31.8. The molecule has 1 aliphatic heterocycles. The first-order chi connectivity index (χ1) is 26.6. The second-order valence-electron chi connectivity index (χ2n) is 17.3. The van der Waals surface area contributed by atoms with E-state index in [0.717, 1.165) is 38.5 Å². The number of ether oxygens (including phenoxy) is 2. The van der Waals surface area contributed by atoms with Gasteiger partial charge in [-0.15, -0.1) is 0 Å². The molecule has 0 aromatic carbocycles. The van der Waals surface area contributed by atoms with Gasteiger partial charge in [0, 0.05) is 18.9 Å². The summed E-state index contributed by atoms with van der Waals surface area (Å²) in [7, 11) is 2.35. The number of allylic oxidation sites excluding steroid dienone is 8. The zero-order chi connectivity index (χ0) is 38.6. The number of hydrogen-bond acceptors (Lipinski definition) is 3. The van der Waals surface area contributed by atoms with E-state index in [1.54, 1.807) is 0 Å². The Labute approximate surface area is 338 Å². The minimum absolute atomic E-state index is 0.302. The van der Waals surface area contributed by atoms with Crippen LogP contribution in [0.25, 0.3) is 0 Å². The first-order valence-electron chi connectivity index (χ1n) is 24.3. The molecule has 0 radical (unpaired) electrons. The molecule has 2 aliphatic rings. The van der Waals surface area contributed by atoms with Crippen molar-refractivity contribution in [3.8, 4) is 0 Å². The fourth-order valence-corrected chi connectivity index (χ4v) is 8.56. The third kappa shape index (κ3) is 25.2. The van der Waals surface area contributed by atoms with Gasteiger partial charge in [0.25, 0.3) is 0 Å². The summed E-state index contributed by atoms with van der Waals surface area (Å²) in [6.07, 6.45) is 63.4. The zero-order valence-electron chi connectivity index (χ0n) is 36.9. The highest BCUT2D eigenvalue weighted by molar-refractivity contribution is 4.97. The molecule has 2 fully saturated rings. The van der Waals surface area contributed by atoms with Crippen LogP contribution in [0.2, 0.25) is 0 Å². The fourth-order valence-electron chi connectivity index (χ4n) is 8.56. The van der Waals surface area contributed by atoms with Crippen LogP contribution in [0.1, 0.15) is 239 Å². The van der Waals surface area contributed by atoms with Gasteiger partial charge in [0.15, 0.2) is 5.79 Å². The first-order valence-corrected chi connectivity index (χ1v) is 24.3. The summed E-state index contributed by atoms with van der Waals surface area (Å²) < 4.78 is 14.0. The molecule has 1 saturated carbocycles. The first kappa shape index (κ1) is 49.0. The molecule has 0 N–H and O–H groups in total. The van der Waals surface area contributed by atoms with Gasteiger partial charge in [-0.1, -0.05) is 185 Å². The van der Waals surface area contributed by atoms with E-state index in [0.29, 0.717) is 18.2 Å². The van der Waals surface area contributed by atoms with E-state index >= 15 is 0 Å². The fraction of sp³-hybridized carbons (Fsp3) is 0.843. The van der Waals surface area contributed by atoms with Gasteiger partial charge in [0.05, 0.1) is 12.2 Å². The van der Waals surface area contributed by atoms with Crippen LogP contribution in [-0.4, -0.2) is 42.5 Å². The number of fused-ring (bicyclic) bond motifs is 1. The summed E-state index contributed by atoms with van der Waals surface area (Å²) in [6.45, 7) is 8.07. The highest BCUT2D eigenvalue weighted by Gasteiger charge is 2.51. The molecule has 2 rings (SSSR count). The van der Waals surface area contributed by atoms with Gasteiger partial charge in [0.2, 0.25) is 0 Å². The minimum Gasteiger partial charge on any atom is -0.344 e. The van der Waals surface area contributed by atoms with Crippen LogP contribution < -0.4 is 0 Å². The minimum atomic E-state index is -0.317. The molecule has 0 aromatic rings. The summed E-state index contributed by atoms with van der Waals surface area (Å²) in [5, 5.41) is 0. The molecule has 3 nitrogen and oxygen atoms in total. The van der Waals surface area contributed by atoms with Crippen LogP contribution in [0.15, 0.2) is 48.6 Å². The van der Waals surface area contributed by atoms with Gasteiger partial charge in [-0.25, -0.2) is 0 Å². The van der Waals surface area contributed by atoms with Crippen molar-refractivity contribution in [1.82, 2.24) is 4.90 Å². The maximum atomic E-state index is 7.00. The molecule has 4 atom stereocenters. The van der Waals surface area contributed by atoms with E-state index in [4.69, 9.17) is 9.47 Å². The Hall–Kier alpha value is -1.16. The normalized spacial score (nSPS) is 21.8. The SMILES string of the molecule is CCCC/C=C\C/C=C\CCCCCCCCC1(CCCCCCCC/C=C\C/C=C\CCCCC)O[C@H]2CC(N(C)CCCCCCCCC)C[C@H]2O1.